The molecule has 268 valence electrons. The van der Waals surface area contributed by atoms with E-state index in [9.17, 15) is 0 Å². The number of fused-ring (bicyclic) bond motifs is 1. The van der Waals surface area contributed by atoms with Gasteiger partial charge in [0, 0.05) is 38.8 Å². The van der Waals surface area contributed by atoms with Gasteiger partial charge in [-0.2, -0.15) is 0 Å². The van der Waals surface area contributed by atoms with Crippen molar-refractivity contribution in [2.45, 2.75) is 26.2 Å². The van der Waals surface area contributed by atoms with Crippen molar-refractivity contribution in [3.05, 3.63) is 204 Å². The zero-order chi connectivity index (χ0) is 38.1. The number of aromatic nitrogens is 4. The summed E-state index contributed by atoms with van der Waals surface area (Å²) in [6, 6.07) is 58.9. The van der Waals surface area contributed by atoms with E-state index in [0.29, 0.717) is 11.6 Å². The highest BCUT2D eigenvalue weighted by molar-refractivity contribution is 5.80. The van der Waals surface area contributed by atoms with Gasteiger partial charge in [-0.25, -0.2) is 19.9 Å². The van der Waals surface area contributed by atoms with Crippen LogP contribution in [-0.2, 0) is 5.41 Å². The second-order valence-corrected chi connectivity index (χ2v) is 14.4. The molecular formula is C52H40N4. The van der Waals surface area contributed by atoms with Crippen molar-refractivity contribution in [1.29, 1.82) is 0 Å². The van der Waals surface area contributed by atoms with Gasteiger partial charge in [0.25, 0.3) is 0 Å². The second kappa shape index (κ2) is 14.7. The highest BCUT2D eigenvalue weighted by Gasteiger charge is 2.39. The van der Waals surface area contributed by atoms with Crippen LogP contribution in [0.15, 0.2) is 182 Å². The van der Waals surface area contributed by atoms with Crippen molar-refractivity contribution in [2.24, 2.45) is 0 Å². The average molecular weight is 721 g/mol. The number of hydrogen-bond donors (Lipinski definition) is 0. The molecule has 0 saturated carbocycles. The summed E-state index contributed by atoms with van der Waals surface area (Å²) in [5, 5.41) is 0. The molecule has 0 fully saturated rings. The van der Waals surface area contributed by atoms with Gasteiger partial charge < -0.3 is 0 Å². The normalized spacial score (nSPS) is 14.8. The van der Waals surface area contributed by atoms with Gasteiger partial charge in [0.2, 0.25) is 0 Å². The molecule has 0 saturated heterocycles. The van der Waals surface area contributed by atoms with Crippen LogP contribution in [0.5, 0.6) is 0 Å². The topological polar surface area (TPSA) is 51.6 Å². The molecule has 2 heterocycles. The van der Waals surface area contributed by atoms with Gasteiger partial charge in [-0.15, -0.1) is 0 Å². The fourth-order valence-electron chi connectivity index (χ4n) is 7.83. The first kappa shape index (κ1) is 34.7. The minimum absolute atomic E-state index is 0.450. The van der Waals surface area contributed by atoms with Crippen LogP contribution in [0, 0.1) is 0 Å². The lowest BCUT2D eigenvalue weighted by molar-refractivity contribution is 0.690. The predicted octanol–water partition coefficient (Wildman–Crippen LogP) is 13.0. The SMILES string of the molecule is C/C=C\c1ccc(-c2nc(-c3ccccc3)cc(-c3ccccc3)n2)cc1C1(C)C(C)=Cc2ccc(-c3nc(-c4ccccc4)cc(-c4ccccc4)n3)cc21. The monoisotopic (exact) mass is 720 g/mol. The standard InChI is InChI=1S/C52H40N4/c1-4-17-36-26-28-42(50-53-46(37-18-9-5-10-19-37)33-47(54-50)38-20-11-6-12-21-38)31-44(36)52(3)35(2)30-41-27-29-43(32-45(41)52)51-55-48(39-22-13-7-14-23-39)34-49(56-51)40-24-15-8-16-25-40/h4-34H,1-3H3/b17-4-. The van der Waals surface area contributed by atoms with Crippen LogP contribution in [-0.4, -0.2) is 19.9 Å². The largest absolute Gasteiger partial charge is 0.228 e. The lowest BCUT2D eigenvalue weighted by Crippen LogP contribution is -2.24. The van der Waals surface area contributed by atoms with Gasteiger partial charge in [0.05, 0.1) is 22.8 Å². The lowest BCUT2D eigenvalue weighted by Gasteiger charge is -2.31. The summed E-state index contributed by atoms with van der Waals surface area (Å²) in [4.78, 5) is 20.7. The Balaban J connectivity index is 1.20. The molecule has 1 atom stereocenters. The molecule has 4 nitrogen and oxygen atoms in total. The van der Waals surface area contributed by atoms with Crippen LogP contribution >= 0.6 is 0 Å². The van der Waals surface area contributed by atoms with Crippen molar-refractivity contribution in [3.8, 4) is 67.8 Å². The van der Waals surface area contributed by atoms with Crippen LogP contribution in [0.25, 0.3) is 80.0 Å². The molecule has 56 heavy (non-hydrogen) atoms. The number of hydrogen-bond acceptors (Lipinski definition) is 4. The van der Waals surface area contributed by atoms with Crippen LogP contribution < -0.4 is 0 Å². The molecule has 1 aliphatic rings. The van der Waals surface area contributed by atoms with Gasteiger partial charge >= 0.3 is 0 Å². The highest BCUT2D eigenvalue weighted by atomic mass is 14.9. The van der Waals surface area contributed by atoms with Gasteiger partial charge in [-0.1, -0.05) is 169 Å². The minimum atomic E-state index is -0.450. The summed E-state index contributed by atoms with van der Waals surface area (Å²) >= 11 is 0. The van der Waals surface area contributed by atoms with Crippen LogP contribution in [0.2, 0.25) is 0 Å². The van der Waals surface area contributed by atoms with Gasteiger partial charge in [0.1, 0.15) is 0 Å². The van der Waals surface area contributed by atoms with Crippen molar-refractivity contribution in [3.63, 3.8) is 0 Å². The van der Waals surface area contributed by atoms with E-state index in [-0.39, 0.29) is 0 Å². The smallest absolute Gasteiger partial charge is 0.160 e. The lowest BCUT2D eigenvalue weighted by atomic mass is 9.71. The zero-order valence-electron chi connectivity index (χ0n) is 31.7. The molecule has 0 spiro atoms. The maximum absolute atomic E-state index is 5.19. The molecule has 8 aromatic rings. The van der Waals surface area contributed by atoms with E-state index in [4.69, 9.17) is 19.9 Å². The van der Waals surface area contributed by atoms with Gasteiger partial charge in [0.15, 0.2) is 11.6 Å². The Morgan fingerprint density at radius 3 is 1.23 bits per heavy atom. The summed E-state index contributed by atoms with van der Waals surface area (Å²) < 4.78 is 0. The summed E-state index contributed by atoms with van der Waals surface area (Å²) in [5.74, 6) is 1.39. The van der Waals surface area contributed by atoms with E-state index >= 15 is 0 Å². The summed E-state index contributed by atoms with van der Waals surface area (Å²) in [7, 11) is 0. The molecular weight excluding hydrogens is 681 g/mol. The van der Waals surface area contributed by atoms with Crippen molar-refractivity contribution in [1.82, 2.24) is 19.9 Å². The molecule has 0 radical (unpaired) electrons. The summed E-state index contributed by atoms with van der Waals surface area (Å²) in [5.41, 5.74) is 15.3. The second-order valence-electron chi connectivity index (χ2n) is 14.4. The molecule has 0 amide bonds. The molecule has 9 rings (SSSR count). The average Bonchev–Trinajstić information content (AvgIpc) is 3.53. The van der Waals surface area contributed by atoms with E-state index in [0.717, 1.165) is 61.7 Å². The quantitative estimate of drug-likeness (QED) is 0.157. The third kappa shape index (κ3) is 6.46. The van der Waals surface area contributed by atoms with E-state index in [1.165, 1.54) is 22.3 Å². The molecule has 1 aliphatic carbocycles. The molecule has 0 bridgehead atoms. The first-order chi connectivity index (χ1) is 27.5. The van der Waals surface area contributed by atoms with Crippen molar-refractivity contribution >= 4 is 12.2 Å². The molecule has 1 unspecified atom stereocenters. The minimum Gasteiger partial charge on any atom is -0.228 e. The third-order valence-electron chi connectivity index (χ3n) is 10.9. The maximum atomic E-state index is 5.19. The number of nitrogens with zero attached hydrogens (tertiary/aromatic N) is 4. The Kier molecular flexibility index (Phi) is 9.08. The molecule has 0 aliphatic heterocycles. The molecule has 6 aromatic carbocycles. The number of benzene rings is 6. The fraction of sp³-hybridized carbons (Fsp3) is 0.0769. The Bertz CT molecular complexity index is 2640. The van der Waals surface area contributed by atoms with E-state index in [2.05, 4.69) is 185 Å². The van der Waals surface area contributed by atoms with E-state index < -0.39 is 5.41 Å². The van der Waals surface area contributed by atoms with Crippen molar-refractivity contribution in [2.75, 3.05) is 0 Å². The number of rotatable bonds is 8. The predicted molar refractivity (Wildman–Crippen MR) is 231 cm³/mol. The van der Waals surface area contributed by atoms with Crippen LogP contribution in [0.1, 0.15) is 43.0 Å². The van der Waals surface area contributed by atoms with Crippen molar-refractivity contribution < 1.29 is 0 Å². The zero-order valence-corrected chi connectivity index (χ0v) is 31.7. The highest BCUT2D eigenvalue weighted by Crippen LogP contribution is 2.49. The van der Waals surface area contributed by atoms with Crippen LogP contribution in [0.3, 0.4) is 0 Å². The molecule has 0 N–H and O–H groups in total. The maximum Gasteiger partial charge on any atom is 0.160 e. The van der Waals surface area contributed by atoms with Crippen LogP contribution in [0.4, 0.5) is 0 Å². The molecule has 4 heteroatoms. The fourth-order valence-corrected chi connectivity index (χ4v) is 7.83. The first-order valence-electron chi connectivity index (χ1n) is 19.1. The number of allylic oxidation sites excluding steroid dienone is 2. The summed E-state index contributed by atoms with van der Waals surface area (Å²) in [6.45, 7) is 6.66. The van der Waals surface area contributed by atoms with E-state index in [1.807, 2.05) is 24.3 Å². The van der Waals surface area contributed by atoms with Gasteiger partial charge in [-0.05, 0) is 67.3 Å². The van der Waals surface area contributed by atoms with E-state index in [1.54, 1.807) is 0 Å². The summed E-state index contributed by atoms with van der Waals surface area (Å²) in [6.07, 6.45) is 6.64. The Hall–Kier alpha value is -7.04. The molecule has 2 aromatic heterocycles. The van der Waals surface area contributed by atoms with Gasteiger partial charge in [-0.3, -0.25) is 0 Å². The Labute approximate surface area is 328 Å². The first-order valence-corrected chi connectivity index (χ1v) is 19.1. The third-order valence-corrected chi connectivity index (χ3v) is 10.9. The Morgan fingerprint density at radius 1 is 0.429 bits per heavy atom. The Morgan fingerprint density at radius 2 is 0.821 bits per heavy atom.